The maximum atomic E-state index is 9.73. The molecule has 0 aliphatic carbocycles. The van der Waals surface area contributed by atoms with Crippen molar-refractivity contribution in [3.63, 3.8) is 0 Å². The molecule has 0 aliphatic heterocycles. The van der Waals surface area contributed by atoms with Gasteiger partial charge in [-0.25, -0.2) is 0 Å². The van der Waals surface area contributed by atoms with Crippen LogP contribution < -0.4 is 5.73 Å². The van der Waals surface area contributed by atoms with Crippen molar-refractivity contribution in [2.45, 2.75) is 161 Å². The number of unbranched alkanes of at least 4 members (excludes halogenated alkanes) is 18. The number of aliphatic hydroxyl groups is 1. The highest BCUT2D eigenvalue weighted by Gasteiger charge is 2.23. The van der Waals surface area contributed by atoms with E-state index in [1.807, 2.05) is 0 Å². The summed E-state index contributed by atoms with van der Waals surface area (Å²) < 4.78 is 11.6. The lowest BCUT2D eigenvalue weighted by Crippen LogP contribution is -2.45. The molecule has 0 radical (unpaired) electrons. The van der Waals surface area contributed by atoms with Gasteiger partial charge in [0.1, 0.15) is 0 Å². The number of aliphatic hydroxyl groups excluding tert-OH is 1. The maximum absolute atomic E-state index is 9.73. The monoisotopic (exact) mass is 485 g/mol. The molecule has 4 nitrogen and oxygen atoms in total. The van der Waals surface area contributed by atoms with Crippen molar-refractivity contribution in [3.8, 4) is 0 Å². The van der Waals surface area contributed by atoms with Gasteiger partial charge in [0, 0.05) is 32.0 Å². The Balaban J connectivity index is 3.42. The van der Waals surface area contributed by atoms with E-state index < -0.39 is 5.54 Å². The Morgan fingerprint density at radius 2 is 0.765 bits per heavy atom. The quantitative estimate of drug-likeness (QED) is 0.104. The van der Waals surface area contributed by atoms with Gasteiger partial charge in [-0.2, -0.15) is 0 Å². The smallest absolute Gasteiger partial charge is 0.0612 e. The minimum Gasteiger partial charge on any atom is -0.394 e. The van der Waals surface area contributed by atoms with Gasteiger partial charge in [-0.3, -0.25) is 0 Å². The third-order valence-corrected chi connectivity index (χ3v) is 7.09. The van der Waals surface area contributed by atoms with Gasteiger partial charge in [-0.1, -0.05) is 129 Å². The average molecular weight is 486 g/mol. The molecule has 0 heterocycles. The summed E-state index contributed by atoms with van der Waals surface area (Å²) in [4.78, 5) is 0. The second-order valence-electron chi connectivity index (χ2n) is 10.6. The molecule has 0 atom stereocenters. The Hall–Kier alpha value is -0.160. The fraction of sp³-hybridized carbons (Fsp3) is 1.00. The van der Waals surface area contributed by atoms with Crippen molar-refractivity contribution >= 4 is 0 Å². The van der Waals surface area contributed by atoms with Crippen LogP contribution in [0, 0.1) is 0 Å². The summed E-state index contributed by atoms with van der Waals surface area (Å²) in [5, 5.41) is 9.73. The number of hydrogen-bond donors (Lipinski definition) is 2. The van der Waals surface area contributed by atoms with E-state index >= 15 is 0 Å². The largest absolute Gasteiger partial charge is 0.394 e. The molecule has 0 fully saturated rings. The van der Waals surface area contributed by atoms with Crippen LogP contribution >= 0.6 is 0 Å². The van der Waals surface area contributed by atoms with Crippen LogP contribution in [0.15, 0.2) is 0 Å². The number of ether oxygens (including phenoxy) is 2. The first-order valence-electron chi connectivity index (χ1n) is 15.2. The van der Waals surface area contributed by atoms with E-state index in [4.69, 9.17) is 15.2 Å². The first-order chi connectivity index (χ1) is 16.7. The van der Waals surface area contributed by atoms with Crippen molar-refractivity contribution in [3.05, 3.63) is 0 Å². The molecular weight excluding hydrogens is 422 g/mol. The van der Waals surface area contributed by atoms with E-state index in [2.05, 4.69) is 13.8 Å². The lowest BCUT2D eigenvalue weighted by Gasteiger charge is -2.27. The molecule has 4 heteroatoms. The van der Waals surface area contributed by atoms with Gasteiger partial charge in [0.15, 0.2) is 0 Å². The van der Waals surface area contributed by atoms with Crippen LogP contribution in [0.2, 0.25) is 0 Å². The molecule has 0 saturated heterocycles. The van der Waals surface area contributed by atoms with Crippen LogP contribution in [-0.4, -0.2) is 43.7 Å². The minimum atomic E-state index is -0.574. The van der Waals surface area contributed by atoms with E-state index in [0.29, 0.717) is 26.1 Å². The second-order valence-corrected chi connectivity index (χ2v) is 10.6. The molecule has 0 spiro atoms. The topological polar surface area (TPSA) is 64.7 Å². The molecular formula is C30H63NO3. The third kappa shape index (κ3) is 24.9. The van der Waals surface area contributed by atoms with Crippen LogP contribution in [0.25, 0.3) is 0 Å². The third-order valence-electron chi connectivity index (χ3n) is 7.09. The van der Waals surface area contributed by atoms with E-state index in [1.165, 1.54) is 116 Å². The first-order valence-corrected chi connectivity index (χ1v) is 15.2. The minimum absolute atomic E-state index is 0.00374. The van der Waals surface area contributed by atoms with Gasteiger partial charge in [0.2, 0.25) is 0 Å². The molecule has 0 amide bonds. The summed E-state index contributed by atoms with van der Waals surface area (Å²) in [6.07, 6.45) is 28.2. The fourth-order valence-corrected chi connectivity index (χ4v) is 4.42. The Kier molecular flexibility index (Phi) is 27.3. The van der Waals surface area contributed by atoms with Crippen molar-refractivity contribution in [1.29, 1.82) is 0 Å². The second kappa shape index (κ2) is 27.4. The van der Waals surface area contributed by atoms with Gasteiger partial charge < -0.3 is 20.3 Å². The molecule has 0 bridgehead atoms. The van der Waals surface area contributed by atoms with Gasteiger partial charge in [0.05, 0.1) is 6.61 Å². The Morgan fingerprint density at radius 1 is 0.471 bits per heavy atom. The van der Waals surface area contributed by atoms with Crippen molar-refractivity contribution in [2.24, 2.45) is 5.73 Å². The Labute approximate surface area is 214 Å². The Bertz CT molecular complexity index is 348. The van der Waals surface area contributed by atoms with E-state index in [0.717, 1.165) is 26.1 Å². The highest BCUT2D eigenvalue weighted by Crippen LogP contribution is 2.14. The van der Waals surface area contributed by atoms with Crippen molar-refractivity contribution in [2.75, 3.05) is 33.0 Å². The standard InChI is InChI=1S/C30H63NO3/c1-3-5-7-9-11-13-15-17-19-21-25-33-27-23-30(31,29-32)24-28-34-26-22-20-18-16-14-12-10-8-6-4-2/h32H,3-29,31H2,1-2H3. The molecule has 0 aromatic rings. The van der Waals surface area contributed by atoms with Crippen LogP contribution in [0.4, 0.5) is 0 Å². The molecule has 0 aliphatic rings. The predicted octanol–water partition coefficient (Wildman–Crippen LogP) is 8.33. The highest BCUT2D eigenvalue weighted by atomic mass is 16.5. The van der Waals surface area contributed by atoms with Crippen LogP contribution in [0.5, 0.6) is 0 Å². The van der Waals surface area contributed by atoms with Crippen molar-refractivity contribution in [1.82, 2.24) is 0 Å². The molecule has 0 aromatic heterocycles. The summed E-state index contributed by atoms with van der Waals surface area (Å²) in [6, 6.07) is 0. The van der Waals surface area contributed by atoms with E-state index in [-0.39, 0.29) is 6.61 Å². The van der Waals surface area contributed by atoms with Crippen LogP contribution in [0.1, 0.15) is 155 Å². The number of nitrogens with two attached hydrogens (primary N) is 1. The highest BCUT2D eigenvalue weighted by molar-refractivity contribution is 4.83. The lowest BCUT2D eigenvalue weighted by molar-refractivity contribution is 0.0631. The summed E-state index contributed by atoms with van der Waals surface area (Å²) in [5.41, 5.74) is 5.79. The maximum Gasteiger partial charge on any atom is 0.0612 e. The van der Waals surface area contributed by atoms with Crippen LogP contribution in [0.3, 0.4) is 0 Å². The summed E-state index contributed by atoms with van der Waals surface area (Å²) in [7, 11) is 0. The molecule has 0 rings (SSSR count). The summed E-state index contributed by atoms with van der Waals surface area (Å²) in [5.74, 6) is 0. The zero-order valence-electron chi connectivity index (χ0n) is 23.4. The number of hydrogen-bond acceptors (Lipinski definition) is 4. The van der Waals surface area contributed by atoms with Crippen LogP contribution in [-0.2, 0) is 9.47 Å². The van der Waals surface area contributed by atoms with E-state index in [1.54, 1.807) is 0 Å². The van der Waals surface area contributed by atoms with E-state index in [9.17, 15) is 5.11 Å². The first kappa shape index (κ1) is 33.8. The molecule has 3 N–H and O–H groups in total. The Morgan fingerprint density at radius 3 is 1.06 bits per heavy atom. The average Bonchev–Trinajstić information content (AvgIpc) is 2.85. The van der Waals surface area contributed by atoms with Gasteiger partial charge in [-0.05, 0) is 25.7 Å². The van der Waals surface area contributed by atoms with Gasteiger partial charge in [-0.15, -0.1) is 0 Å². The SMILES string of the molecule is CCCCCCCCCCCCOCCC(N)(CO)CCOCCCCCCCCCCCC. The molecule has 0 saturated carbocycles. The van der Waals surface area contributed by atoms with Gasteiger partial charge >= 0.3 is 0 Å². The zero-order chi connectivity index (χ0) is 25.0. The normalized spacial score (nSPS) is 12.0. The predicted molar refractivity (Wildman–Crippen MR) is 149 cm³/mol. The zero-order valence-corrected chi connectivity index (χ0v) is 23.4. The fourth-order valence-electron chi connectivity index (χ4n) is 4.42. The summed E-state index contributed by atoms with van der Waals surface area (Å²) >= 11 is 0. The molecule has 34 heavy (non-hydrogen) atoms. The molecule has 0 aromatic carbocycles. The van der Waals surface area contributed by atoms with Crippen molar-refractivity contribution < 1.29 is 14.6 Å². The number of rotatable bonds is 29. The molecule has 0 unspecified atom stereocenters. The summed E-state index contributed by atoms with van der Waals surface area (Å²) in [6.45, 7) is 7.43. The van der Waals surface area contributed by atoms with Gasteiger partial charge in [0.25, 0.3) is 0 Å². The lowest BCUT2D eigenvalue weighted by atomic mass is 9.94. The molecule has 206 valence electrons.